The van der Waals surface area contributed by atoms with Gasteiger partial charge in [0.05, 0.1) is 6.61 Å². The first-order chi connectivity index (χ1) is 10.4. The fourth-order valence-corrected chi connectivity index (χ4v) is 2.51. The highest BCUT2D eigenvalue weighted by molar-refractivity contribution is 5.33. The molecule has 1 saturated heterocycles. The van der Waals surface area contributed by atoms with Gasteiger partial charge in [-0.1, -0.05) is 30.3 Å². The number of benzene rings is 2. The van der Waals surface area contributed by atoms with Crippen LogP contribution in [0.5, 0.6) is 11.5 Å². The molecule has 21 heavy (non-hydrogen) atoms. The van der Waals surface area contributed by atoms with Crippen LogP contribution < -0.4 is 10.1 Å². The average Bonchev–Trinajstić information content (AvgIpc) is 3.02. The van der Waals surface area contributed by atoms with E-state index in [2.05, 4.69) is 17.4 Å². The minimum absolute atomic E-state index is 0.661. The molecule has 1 aliphatic rings. The topological polar surface area (TPSA) is 30.5 Å². The first kappa shape index (κ1) is 14.1. The van der Waals surface area contributed by atoms with Crippen molar-refractivity contribution in [2.45, 2.75) is 13.0 Å². The van der Waals surface area contributed by atoms with Crippen molar-refractivity contribution >= 4 is 0 Å². The van der Waals surface area contributed by atoms with Crippen LogP contribution in [0.1, 0.15) is 12.0 Å². The highest BCUT2D eigenvalue weighted by Gasteiger charge is 2.14. The van der Waals surface area contributed by atoms with E-state index in [1.165, 1.54) is 12.0 Å². The predicted octanol–water partition coefficient (Wildman–Crippen LogP) is 3.61. The Hall–Kier alpha value is -1.84. The molecule has 0 aliphatic carbocycles. The van der Waals surface area contributed by atoms with Crippen LogP contribution >= 0.6 is 0 Å². The lowest BCUT2D eigenvalue weighted by Crippen LogP contribution is -2.22. The SMILES string of the molecule is c1ccc(Oc2cccc(CNCC3CCOC3)c2)cc1. The quantitative estimate of drug-likeness (QED) is 0.878. The maximum Gasteiger partial charge on any atom is 0.127 e. The number of para-hydroxylation sites is 1. The molecule has 0 saturated carbocycles. The van der Waals surface area contributed by atoms with Crippen molar-refractivity contribution in [1.29, 1.82) is 0 Å². The normalized spacial score (nSPS) is 17.8. The summed E-state index contributed by atoms with van der Waals surface area (Å²) >= 11 is 0. The van der Waals surface area contributed by atoms with Crippen LogP contribution in [0.3, 0.4) is 0 Å². The molecule has 0 spiro atoms. The smallest absolute Gasteiger partial charge is 0.127 e. The van der Waals surface area contributed by atoms with E-state index in [0.29, 0.717) is 5.92 Å². The lowest BCUT2D eigenvalue weighted by atomic mass is 10.1. The molecule has 3 rings (SSSR count). The van der Waals surface area contributed by atoms with Crippen molar-refractivity contribution in [2.75, 3.05) is 19.8 Å². The summed E-state index contributed by atoms with van der Waals surface area (Å²) in [4.78, 5) is 0. The number of nitrogens with one attached hydrogen (secondary N) is 1. The molecule has 3 heteroatoms. The van der Waals surface area contributed by atoms with E-state index in [-0.39, 0.29) is 0 Å². The van der Waals surface area contributed by atoms with Gasteiger partial charge >= 0.3 is 0 Å². The van der Waals surface area contributed by atoms with Gasteiger partial charge in [0.2, 0.25) is 0 Å². The van der Waals surface area contributed by atoms with Gasteiger partial charge in [0.1, 0.15) is 11.5 Å². The zero-order valence-electron chi connectivity index (χ0n) is 12.1. The molecular formula is C18H21NO2. The molecule has 1 aliphatic heterocycles. The number of hydrogen-bond donors (Lipinski definition) is 1. The third-order valence-electron chi connectivity index (χ3n) is 3.66. The molecule has 1 fully saturated rings. The molecular weight excluding hydrogens is 262 g/mol. The molecule has 2 aromatic rings. The van der Waals surface area contributed by atoms with Crippen molar-refractivity contribution in [3.63, 3.8) is 0 Å². The summed E-state index contributed by atoms with van der Waals surface area (Å²) in [6.45, 7) is 3.68. The largest absolute Gasteiger partial charge is 0.457 e. The van der Waals surface area contributed by atoms with E-state index in [1.807, 2.05) is 42.5 Å². The summed E-state index contributed by atoms with van der Waals surface area (Å²) in [6.07, 6.45) is 1.17. The Morgan fingerprint density at radius 1 is 1.05 bits per heavy atom. The molecule has 110 valence electrons. The van der Waals surface area contributed by atoms with Crippen LogP contribution in [0.2, 0.25) is 0 Å². The second-order valence-corrected chi connectivity index (χ2v) is 5.42. The van der Waals surface area contributed by atoms with E-state index in [9.17, 15) is 0 Å². The van der Waals surface area contributed by atoms with Crippen LogP contribution in [0, 0.1) is 5.92 Å². The highest BCUT2D eigenvalue weighted by atomic mass is 16.5. The lowest BCUT2D eigenvalue weighted by molar-refractivity contribution is 0.185. The van der Waals surface area contributed by atoms with Crippen LogP contribution in [0.25, 0.3) is 0 Å². The fraction of sp³-hybridized carbons (Fsp3) is 0.333. The molecule has 1 N–H and O–H groups in total. The van der Waals surface area contributed by atoms with E-state index < -0.39 is 0 Å². The van der Waals surface area contributed by atoms with Crippen LogP contribution in [-0.4, -0.2) is 19.8 Å². The molecule has 1 unspecified atom stereocenters. The molecule has 0 amide bonds. The van der Waals surface area contributed by atoms with Crippen LogP contribution in [0.4, 0.5) is 0 Å². The maximum atomic E-state index is 5.85. The Morgan fingerprint density at radius 3 is 2.71 bits per heavy atom. The monoisotopic (exact) mass is 283 g/mol. The molecule has 1 heterocycles. The Labute approximate surface area is 125 Å². The van der Waals surface area contributed by atoms with Gasteiger partial charge in [-0.3, -0.25) is 0 Å². The van der Waals surface area contributed by atoms with Gasteiger partial charge in [-0.25, -0.2) is 0 Å². The number of rotatable bonds is 6. The van der Waals surface area contributed by atoms with Gasteiger partial charge < -0.3 is 14.8 Å². The number of ether oxygens (including phenoxy) is 2. The summed E-state index contributed by atoms with van der Waals surface area (Å²) in [5.74, 6) is 2.41. The van der Waals surface area contributed by atoms with Gasteiger partial charge in [-0.05, 0) is 42.2 Å². The van der Waals surface area contributed by atoms with Crippen molar-refractivity contribution < 1.29 is 9.47 Å². The Bertz CT molecular complexity index is 550. The predicted molar refractivity (Wildman–Crippen MR) is 83.6 cm³/mol. The third kappa shape index (κ3) is 4.31. The van der Waals surface area contributed by atoms with Crippen molar-refractivity contribution in [3.05, 3.63) is 60.2 Å². The molecule has 0 radical (unpaired) electrons. The molecule has 0 bridgehead atoms. The van der Waals surface area contributed by atoms with E-state index in [4.69, 9.17) is 9.47 Å². The summed E-state index contributed by atoms with van der Waals surface area (Å²) in [5.41, 5.74) is 1.24. The maximum absolute atomic E-state index is 5.85. The van der Waals surface area contributed by atoms with Crippen LogP contribution in [0.15, 0.2) is 54.6 Å². The second kappa shape index (κ2) is 7.25. The molecule has 1 atom stereocenters. The fourth-order valence-electron chi connectivity index (χ4n) is 2.51. The zero-order chi connectivity index (χ0) is 14.3. The minimum Gasteiger partial charge on any atom is -0.457 e. The first-order valence-electron chi connectivity index (χ1n) is 7.50. The average molecular weight is 283 g/mol. The third-order valence-corrected chi connectivity index (χ3v) is 3.66. The highest BCUT2D eigenvalue weighted by Crippen LogP contribution is 2.21. The first-order valence-corrected chi connectivity index (χ1v) is 7.50. The van der Waals surface area contributed by atoms with E-state index in [0.717, 1.165) is 37.8 Å². The van der Waals surface area contributed by atoms with Gasteiger partial charge in [0.25, 0.3) is 0 Å². The summed E-state index contributed by atoms with van der Waals surface area (Å²) in [6, 6.07) is 18.1. The lowest BCUT2D eigenvalue weighted by Gasteiger charge is -2.11. The molecule has 2 aromatic carbocycles. The molecule has 0 aromatic heterocycles. The summed E-state index contributed by atoms with van der Waals surface area (Å²) in [5, 5.41) is 3.50. The van der Waals surface area contributed by atoms with Gasteiger partial charge in [-0.15, -0.1) is 0 Å². The van der Waals surface area contributed by atoms with Crippen molar-refractivity contribution in [3.8, 4) is 11.5 Å². The van der Waals surface area contributed by atoms with E-state index in [1.54, 1.807) is 0 Å². The Morgan fingerprint density at radius 2 is 1.90 bits per heavy atom. The minimum atomic E-state index is 0.661. The van der Waals surface area contributed by atoms with Gasteiger partial charge in [0, 0.05) is 19.7 Å². The van der Waals surface area contributed by atoms with Crippen molar-refractivity contribution in [2.24, 2.45) is 5.92 Å². The second-order valence-electron chi connectivity index (χ2n) is 5.42. The van der Waals surface area contributed by atoms with Gasteiger partial charge in [-0.2, -0.15) is 0 Å². The number of hydrogen-bond acceptors (Lipinski definition) is 3. The van der Waals surface area contributed by atoms with E-state index >= 15 is 0 Å². The summed E-state index contributed by atoms with van der Waals surface area (Å²) < 4.78 is 11.2. The standard InChI is InChI=1S/C18H21NO2/c1-2-6-17(7-3-1)21-18-8-4-5-15(11-18)12-19-13-16-9-10-20-14-16/h1-8,11,16,19H,9-10,12-14H2. The zero-order valence-corrected chi connectivity index (χ0v) is 12.1. The Kier molecular flexibility index (Phi) is 4.87. The van der Waals surface area contributed by atoms with Crippen molar-refractivity contribution in [1.82, 2.24) is 5.32 Å². The summed E-state index contributed by atoms with van der Waals surface area (Å²) in [7, 11) is 0. The van der Waals surface area contributed by atoms with Gasteiger partial charge in [0.15, 0.2) is 0 Å². The molecule has 3 nitrogen and oxygen atoms in total. The van der Waals surface area contributed by atoms with Crippen LogP contribution in [-0.2, 0) is 11.3 Å². The Balaban J connectivity index is 1.53.